The van der Waals surface area contributed by atoms with Gasteiger partial charge in [0.1, 0.15) is 22.1 Å². The number of hydrogen-bond acceptors (Lipinski definition) is 8. The number of urea groups is 1. The Labute approximate surface area is 188 Å². The smallest absolute Gasteiger partial charge is 0.320 e. The molecule has 0 fully saturated rings. The Hall–Kier alpha value is -3.86. The van der Waals surface area contributed by atoms with E-state index < -0.39 is 11.9 Å². The molecule has 2 aromatic heterocycles. The van der Waals surface area contributed by atoms with Gasteiger partial charge in [0.2, 0.25) is 5.88 Å². The lowest BCUT2D eigenvalue weighted by Crippen LogP contribution is -2.29. The lowest BCUT2D eigenvalue weighted by Gasteiger charge is -2.14. The summed E-state index contributed by atoms with van der Waals surface area (Å²) in [7, 11) is 3.06. The number of ether oxygens (including phenoxy) is 3. The molecule has 10 nitrogen and oxygen atoms in total. The number of carbonyl (C=O) groups excluding carboxylic acids is 2. The fraction of sp³-hybridized carbons (Fsp3) is 0.238. The monoisotopic (exact) mass is 457 g/mol. The van der Waals surface area contributed by atoms with E-state index in [1.54, 1.807) is 30.6 Å². The van der Waals surface area contributed by atoms with Crippen molar-refractivity contribution < 1.29 is 23.8 Å². The number of amides is 3. The zero-order valence-corrected chi connectivity index (χ0v) is 18.4. The van der Waals surface area contributed by atoms with Crippen molar-refractivity contribution in [3.8, 4) is 17.4 Å². The van der Waals surface area contributed by atoms with E-state index >= 15 is 0 Å². The number of primary amides is 1. The third kappa shape index (κ3) is 5.64. The maximum absolute atomic E-state index is 12.4. The van der Waals surface area contributed by atoms with Crippen LogP contribution in [0, 0.1) is 0 Å². The first-order valence-electron chi connectivity index (χ1n) is 9.59. The molecule has 0 aliphatic rings. The standard InChI is InChI=1S/C21H23N5O5S/c1-29-15-6-3-7-16(30-2)14(15)12-24-21(28)25-20-17(18(22)27)19(26-32-20)31-10-8-13-5-4-9-23-11-13/h3-7,9,11H,8,10,12H2,1-2H3,(H2,22,27)(H2,24,25,28). The van der Waals surface area contributed by atoms with Gasteiger partial charge in [-0.15, -0.1) is 0 Å². The molecule has 1 aromatic carbocycles. The molecule has 0 saturated heterocycles. The zero-order chi connectivity index (χ0) is 22.9. The Morgan fingerprint density at radius 1 is 1.12 bits per heavy atom. The maximum atomic E-state index is 12.4. The first-order valence-corrected chi connectivity index (χ1v) is 10.4. The van der Waals surface area contributed by atoms with E-state index in [1.807, 2.05) is 12.1 Å². The molecule has 0 saturated carbocycles. The van der Waals surface area contributed by atoms with E-state index in [9.17, 15) is 9.59 Å². The number of rotatable bonds is 10. The number of nitrogens with zero attached hydrogens (tertiary/aromatic N) is 2. The van der Waals surface area contributed by atoms with Crippen molar-refractivity contribution in [2.75, 3.05) is 26.1 Å². The summed E-state index contributed by atoms with van der Waals surface area (Å²) in [6.45, 7) is 0.410. The van der Waals surface area contributed by atoms with Crippen LogP contribution in [0.3, 0.4) is 0 Å². The second kappa shape index (κ2) is 11.0. The third-order valence-corrected chi connectivity index (χ3v) is 5.19. The molecule has 2 heterocycles. The molecule has 0 bridgehead atoms. The number of nitrogens with one attached hydrogen (secondary N) is 2. The molecule has 3 rings (SSSR count). The molecule has 0 spiro atoms. The number of nitrogens with two attached hydrogens (primary N) is 1. The van der Waals surface area contributed by atoms with E-state index in [0.717, 1.165) is 17.1 Å². The second-order valence-electron chi connectivity index (χ2n) is 6.46. The van der Waals surface area contributed by atoms with Crippen molar-refractivity contribution in [3.63, 3.8) is 0 Å². The Morgan fingerprint density at radius 2 is 1.88 bits per heavy atom. The van der Waals surface area contributed by atoms with E-state index in [1.165, 1.54) is 14.2 Å². The number of anilines is 1. The number of benzene rings is 1. The van der Waals surface area contributed by atoms with Crippen LogP contribution in [0.1, 0.15) is 21.5 Å². The normalized spacial score (nSPS) is 10.3. The van der Waals surface area contributed by atoms with Gasteiger partial charge in [0, 0.05) is 18.8 Å². The molecule has 0 atom stereocenters. The van der Waals surface area contributed by atoms with Gasteiger partial charge in [0.25, 0.3) is 5.91 Å². The SMILES string of the molecule is COc1cccc(OC)c1CNC(=O)Nc1snc(OCCc2cccnc2)c1C(N)=O. The summed E-state index contributed by atoms with van der Waals surface area (Å²) < 4.78 is 20.4. The van der Waals surface area contributed by atoms with Gasteiger partial charge in [-0.05, 0) is 35.3 Å². The maximum Gasteiger partial charge on any atom is 0.320 e. The summed E-state index contributed by atoms with van der Waals surface area (Å²) >= 11 is 0.907. The molecular weight excluding hydrogens is 434 g/mol. The van der Waals surface area contributed by atoms with Crippen molar-refractivity contribution in [1.82, 2.24) is 14.7 Å². The fourth-order valence-electron chi connectivity index (χ4n) is 2.91. The van der Waals surface area contributed by atoms with E-state index in [-0.39, 0.29) is 29.6 Å². The topological polar surface area (TPSA) is 138 Å². The summed E-state index contributed by atoms with van der Waals surface area (Å²) in [6, 6.07) is 8.51. The van der Waals surface area contributed by atoms with Crippen LogP contribution in [0.25, 0.3) is 0 Å². The summed E-state index contributed by atoms with van der Waals surface area (Å²) in [5, 5.41) is 5.50. The van der Waals surface area contributed by atoms with Crippen LogP contribution in [-0.2, 0) is 13.0 Å². The lowest BCUT2D eigenvalue weighted by molar-refractivity contribution is 0.0997. The number of aromatic nitrogens is 2. The molecule has 3 aromatic rings. The van der Waals surface area contributed by atoms with E-state index in [2.05, 4.69) is 20.0 Å². The van der Waals surface area contributed by atoms with E-state index in [0.29, 0.717) is 23.5 Å². The largest absolute Gasteiger partial charge is 0.496 e. The number of hydrogen-bond donors (Lipinski definition) is 3. The number of carbonyl (C=O) groups is 2. The van der Waals surface area contributed by atoms with Crippen molar-refractivity contribution in [1.29, 1.82) is 0 Å². The first kappa shape index (κ1) is 22.8. The third-order valence-electron chi connectivity index (χ3n) is 4.44. The van der Waals surface area contributed by atoms with Crippen LogP contribution in [0.5, 0.6) is 17.4 Å². The van der Waals surface area contributed by atoms with Crippen molar-refractivity contribution in [2.45, 2.75) is 13.0 Å². The fourth-order valence-corrected chi connectivity index (χ4v) is 3.64. The summed E-state index contributed by atoms with van der Waals surface area (Å²) in [5.74, 6) is 0.471. The molecule has 4 N–H and O–H groups in total. The van der Waals surface area contributed by atoms with Crippen LogP contribution in [-0.4, -0.2) is 42.1 Å². The summed E-state index contributed by atoms with van der Waals surface area (Å²) in [4.78, 5) is 28.4. The Bertz CT molecular complexity index is 1050. The Balaban J connectivity index is 1.63. The lowest BCUT2D eigenvalue weighted by atomic mass is 10.1. The molecular formula is C21H23N5O5S. The number of pyridine rings is 1. The quantitative estimate of drug-likeness (QED) is 0.425. The average molecular weight is 458 g/mol. The predicted octanol–water partition coefficient (Wildman–Crippen LogP) is 2.60. The highest BCUT2D eigenvalue weighted by Crippen LogP contribution is 2.31. The molecule has 0 radical (unpaired) electrons. The van der Waals surface area contributed by atoms with Gasteiger partial charge in [-0.2, -0.15) is 4.37 Å². The van der Waals surface area contributed by atoms with Crippen molar-refractivity contribution in [3.05, 3.63) is 59.4 Å². The van der Waals surface area contributed by atoms with Crippen molar-refractivity contribution in [2.24, 2.45) is 5.73 Å². The van der Waals surface area contributed by atoms with Crippen molar-refractivity contribution >= 4 is 28.5 Å². The zero-order valence-electron chi connectivity index (χ0n) is 17.6. The summed E-state index contributed by atoms with van der Waals surface area (Å²) in [6.07, 6.45) is 3.99. The van der Waals surface area contributed by atoms with Gasteiger partial charge in [0.05, 0.1) is 32.9 Å². The molecule has 32 heavy (non-hydrogen) atoms. The Kier molecular flexibility index (Phi) is 7.81. The highest BCUT2D eigenvalue weighted by Gasteiger charge is 2.22. The summed E-state index contributed by atoms with van der Waals surface area (Å²) in [5.41, 5.74) is 7.16. The minimum atomic E-state index is -0.753. The molecule has 11 heteroatoms. The van der Waals surface area contributed by atoms with Crippen LogP contribution in [0.15, 0.2) is 42.7 Å². The average Bonchev–Trinajstić information content (AvgIpc) is 3.20. The first-order chi connectivity index (χ1) is 15.5. The molecule has 0 unspecified atom stereocenters. The van der Waals surface area contributed by atoms with Gasteiger partial charge in [-0.1, -0.05) is 12.1 Å². The van der Waals surface area contributed by atoms with Gasteiger partial charge < -0.3 is 25.3 Å². The second-order valence-corrected chi connectivity index (χ2v) is 7.24. The van der Waals surface area contributed by atoms with Crippen LogP contribution in [0.2, 0.25) is 0 Å². The van der Waals surface area contributed by atoms with Gasteiger partial charge in [-0.3, -0.25) is 15.1 Å². The molecule has 168 valence electrons. The Morgan fingerprint density at radius 3 is 2.50 bits per heavy atom. The minimum absolute atomic E-state index is 0.0196. The highest BCUT2D eigenvalue weighted by atomic mass is 32.1. The highest BCUT2D eigenvalue weighted by molar-refractivity contribution is 7.11. The molecule has 3 amide bonds. The van der Waals surface area contributed by atoms with Crippen LogP contribution >= 0.6 is 11.5 Å². The molecule has 0 aliphatic heterocycles. The number of methoxy groups -OCH3 is 2. The predicted molar refractivity (Wildman–Crippen MR) is 119 cm³/mol. The van der Waals surface area contributed by atoms with E-state index in [4.69, 9.17) is 19.9 Å². The molecule has 0 aliphatic carbocycles. The minimum Gasteiger partial charge on any atom is -0.496 e. The van der Waals surface area contributed by atoms with Gasteiger partial charge >= 0.3 is 6.03 Å². The van der Waals surface area contributed by atoms with Crippen LogP contribution < -0.4 is 30.6 Å². The van der Waals surface area contributed by atoms with Crippen LogP contribution in [0.4, 0.5) is 9.80 Å². The van der Waals surface area contributed by atoms with Gasteiger partial charge in [-0.25, -0.2) is 4.79 Å². The van der Waals surface area contributed by atoms with Gasteiger partial charge in [0.15, 0.2) is 0 Å².